The molecule has 2 N–H and O–H groups in total. The summed E-state index contributed by atoms with van der Waals surface area (Å²) in [6, 6.07) is 4.63. The van der Waals surface area contributed by atoms with Crippen LogP contribution in [0.25, 0.3) is 10.8 Å². The summed E-state index contributed by atoms with van der Waals surface area (Å²) in [5.74, 6) is -0.545. The number of rotatable bonds is 5. The summed E-state index contributed by atoms with van der Waals surface area (Å²) >= 11 is 0. The number of methoxy groups -OCH3 is 2. The Bertz CT molecular complexity index is 732. The van der Waals surface area contributed by atoms with Gasteiger partial charge in [-0.15, -0.1) is 0 Å². The van der Waals surface area contributed by atoms with Crippen LogP contribution >= 0.6 is 0 Å². The third kappa shape index (κ3) is 2.97. The molecule has 0 radical (unpaired) electrons. The van der Waals surface area contributed by atoms with Crippen LogP contribution in [0.3, 0.4) is 0 Å². The van der Waals surface area contributed by atoms with Crippen molar-refractivity contribution in [3.05, 3.63) is 34.4 Å². The van der Waals surface area contributed by atoms with Gasteiger partial charge in [0, 0.05) is 12.5 Å². The van der Waals surface area contributed by atoms with E-state index in [0.717, 1.165) is 0 Å². The van der Waals surface area contributed by atoms with Gasteiger partial charge in [-0.3, -0.25) is 0 Å². The average molecular weight is 294 g/mol. The molecule has 0 fully saturated rings. The van der Waals surface area contributed by atoms with Crippen molar-refractivity contribution in [3.8, 4) is 11.5 Å². The molecule has 2 aromatic rings. The Morgan fingerprint density at radius 2 is 2.00 bits per heavy atom. The van der Waals surface area contributed by atoms with Crippen LogP contribution in [0.5, 0.6) is 11.5 Å². The summed E-state index contributed by atoms with van der Waals surface area (Å²) in [6.45, 7) is 0. The molecular weight excluding hydrogens is 280 g/mol. The lowest BCUT2D eigenvalue weighted by Crippen LogP contribution is -2.22. The van der Waals surface area contributed by atoms with Crippen LogP contribution in [0, 0.1) is 0 Å². The molecule has 1 atom stereocenters. The van der Waals surface area contributed by atoms with E-state index >= 15 is 0 Å². The zero-order valence-electron chi connectivity index (χ0n) is 11.5. The molecule has 1 unspecified atom stereocenters. The fraction of sp³-hybridized carbons (Fsp3) is 0.286. The Kier molecular flexibility index (Phi) is 4.13. The lowest BCUT2D eigenvalue weighted by atomic mass is 10.1. The van der Waals surface area contributed by atoms with Crippen molar-refractivity contribution in [1.82, 2.24) is 0 Å². The lowest BCUT2D eigenvalue weighted by molar-refractivity contribution is -0.146. The van der Waals surface area contributed by atoms with Crippen LogP contribution in [0.2, 0.25) is 0 Å². The molecule has 1 aromatic carbocycles. The third-order valence-corrected chi connectivity index (χ3v) is 2.99. The zero-order chi connectivity index (χ0) is 15.6. The van der Waals surface area contributed by atoms with E-state index in [9.17, 15) is 14.7 Å². The van der Waals surface area contributed by atoms with Gasteiger partial charge in [0.15, 0.2) is 6.10 Å². The first-order valence-electron chi connectivity index (χ1n) is 6.06. The Morgan fingerprint density at radius 3 is 2.57 bits per heavy atom. The van der Waals surface area contributed by atoms with Crippen molar-refractivity contribution in [2.45, 2.75) is 12.5 Å². The molecular formula is C14H14O7. The quantitative estimate of drug-likeness (QED) is 0.839. The molecule has 7 nitrogen and oxygen atoms in total. The van der Waals surface area contributed by atoms with Crippen molar-refractivity contribution >= 4 is 16.7 Å². The summed E-state index contributed by atoms with van der Waals surface area (Å²) in [5.41, 5.74) is -0.667. The van der Waals surface area contributed by atoms with Crippen molar-refractivity contribution in [2.24, 2.45) is 0 Å². The Labute approximate surface area is 119 Å². The zero-order valence-corrected chi connectivity index (χ0v) is 11.5. The maximum absolute atomic E-state index is 12.0. The number of aliphatic hydroxyl groups excluding tert-OH is 1. The largest absolute Gasteiger partial charge is 0.497 e. The van der Waals surface area contributed by atoms with Gasteiger partial charge in [0.2, 0.25) is 0 Å². The number of hydrogen-bond donors (Lipinski definition) is 2. The molecule has 21 heavy (non-hydrogen) atoms. The standard InChI is InChI=1S/C14H14O7/c1-19-8-3-7-4-9(5-10(15)13(16)17)21-14(18)12(7)11(6-8)20-2/h3-4,6,10,15H,5H2,1-2H3,(H,16,17). The number of carboxylic acid groups (broad SMARTS) is 1. The number of hydrogen-bond acceptors (Lipinski definition) is 6. The molecule has 112 valence electrons. The molecule has 0 amide bonds. The van der Waals surface area contributed by atoms with Gasteiger partial charge < -0.3 is 24.1 Å². The van der Waals surface area contributed by atoms with Gasteiger partial charge >= 0.3 is 11.6 Å². The molecule has 0 saturated heterocycles. The summed E-state index contributed by atoms with van der Waals surface area (Å²) in [5, 5.41) is 18.7. The Morgan fingerprint density at radius 1 is 1.29 bits per heavy atom. The van der Waals surface area contributed by atoms with Crippen LogP contribution in [-0.2, 0) is 11.2 Å². The summed E-state index contributed by atoms with van der Waals surface area (Å²) in [6.07, 6.45) is -1.95. The second kappa shape index (κ2) is 5.84. The number of ether oxygens (including phenoxy) is 2. The fourth-order valence-corrected chi connectivity index (χ4v) is 1.97. The maximum Gasteiger partial charge on any atom is 0.347 e. The van der Waals surface area contributed by atoms with Gasteiger partial charge in [0.05, 0.1) is 14.2 Å². The summed E-state index contributed by atoms with van der Waals surface area (Å²) in [4.78, 5) is 22.7. The van der Waals surface area contributed by atoms with Crippen molar-refractivity contribution < 1.29 is 28.9 Å². The number of aliphatic hydroxyl groups is 1. The first-order chi connectivity index (χ1) is 9.96. The van der Waals surface area contributed by atoms with Crippen molar-refractivity contribution in [1.29, 1.82) is 0 Å². The van der Waals surface area contributed by atoms with E-state index in [-0.39, 0.29) is 17.6 Å². The Hall–Kier alpha value is -2.54. The maximum atomic E-state index is 12.0. The number of fused-ring (bicyclic) bond motifs is 1. The van der Waals surface area contributed by atoms with Crippen LogP contribution in [0.1, 0.15) is 5.76 Å². The van der Waals surface area contributed by atoms with Crippen LogP contribution in [-0.4, -0.2) is 36.5 Å². The third-order valence-electron chi connectivity index (χ3n) is 2.99. The monoisotopic (exact) mass is 294 g/mol. The highest BCUT2D eigenvalue weighted by Crippen LogP contribution is 2.29. The van der Waals surface area contributed by atoms with E-state index in [1.54, 1.807) is 12.1 Å². The number of aliphatic carboxylic acids is 1. The van der Waals surface area contributed by atoms with E-state index < -0.39 is 17.7 Å². The van der Waals surface area contributed by atoms with Crippen molar-refractivity contribution in [2.75, 3.05) is 14.2 Å². The average Bonchev–Trinajstić information content (AvgIpc) is 2.45. The minimum absolute atomic E-state index is 0.0673. The topological polar surface area (TPSA) is 106 Å². The summed E-state index contributed by atoms with van der Waals surface area (Å²) < 4.78 is 15.3. The van der Waals surface area contributed by atoms with Gasteiger partial charge in [-0.05, 0) is 17.5 Å². The van der Waals surface area contributed by atoms with Gasteiger partial charge in [-0.25, -0.2) is 9.59 Å². The highest BCUT2D eigenvalue weighted by Gasteiger charge is 2.18. The molecule has 0 aliphatic carbocycles. The van der Waals surface area contributed by atoms with E-state index in [4.69, 9.17) is 19.0 Å². The first kappa shape index (κ1) is 14.9. The Balaban J connectivity index is 2.59. The minimum atomic E-state index is -1.64. The lowest BCUT2D eigenvalue weighted by Gasteiger charge is -2.09. The molecule has 1 aromatic heterocycles. The molecule has 0 aliphatic heterocycles. The van der Waals surface area contributed by atoms with E-state index in [1.165, 1.54) is 20.3 Å². The molecule has 0 bridgehead atoms. The molecule has 1 heterocycles. The fourth-order valence-electron chi connectivity index (χ4n) is 1.97. The molecule has 0 saturated carbocycles. The predicted octanol–water partition coefficient (Wildman–Crippen LogP) is 0.798. The number of carbonyl (C=O) groups is 1. The SMILES string of the molecule is COc1cc(OC)c2c(=O)oc(CC(O)C(=O)O)cc2c1. The molecule has 0 aliphatic rings. The van der Waals surface area contributed by atoms with E-state index in [0.29, 0.717) is 16.9 Å². The van der Waals surface area contributed by atoms with E-state index in [1.807, 2.05) is 0 Å². The van der Waals surface area contributed by atoms with E-state index in [2.05, 4.69) is 0 Å². The second-order valence-corrected chi connectivity index (χ2v) is 4.35. The predicted molar refractivity (Wildman–Crippen MR) is 72.9 cm³/mol. The molecule has 2 rings (SSSR count). The van der Waals surface area contributed by atoms with Gasteiger partial charge in [0.1, 0.15) is 22.6 Å². The van der Waals surface area contributed by atoms with Crippen LogP contribution < -0.4 is 15.1 Å². The highest BCUT2D eigenvalue weighted by molar-refractivity contribution is 5.89. The molecule has 7 heteroatoms. The van der Waals surface area contributed by atoms with Gasteiger partial charge in [-0.1, -0.05) is 0 Å². The van der Waals surface area contributed by atoms with Crippen LogP contribution in [0.15, 0.2) is 27.4 Å². The van der Waals surface area contributed by atoms with Crippen LogP contribution in [0.4, 0.5) is 0 Å². The second-order valence-electron chi connectivity index (χ2n) is 4.35. The first-order valence-corrected chi connectivity index (χ1v) is 6.06. The van der Waals surface area contributed by atoms with Gasteiger partial charge in [-0.2, -0.15) is 0 Å². The summed E-state index contributed by atoms with van der Waals surface area (Å²) in [7, 11) is 2.89. The minimum Gasteiger partial charge on any atom is -0.497 e. The molecule has 0 spiro atoms. The van der Waals surface area contributed by atoms with Gasteiger partial charge in [0.25, 0.3) is 0 Å². The number of benzene rings is 1. The number of carboxylic acids is 1. The highest BCUT2D eigenvalue weighted by atomic mass is 16.5. The normalized spacial score (nSPS) is 12.1. The van der Waals surface area contributed by atoms with Crippen molar-refractivity contribution in [3.63, 3.8) is 0 Å². The smallest absolute Gasteiger partial charge is 0.347 e.